The number of rotatable bonds is 14. The van der Waals surface area contributed by atoms with Gasteiger partial charge in [-0.3, -0.25) is 14.4 Å². The molecule has 1 aliphatic heterocycles. The summed E-state index contributed by atoms with van der Waals surface area (Å²) in [5, 5.41) is 11.9. The van der Waals surface area contributed by atoms with Gasteiger partial charge in [0.2, 0.25) is 11.8 Å². The van der Waals surface area contributed by atoms with Crippen molar-refractivity contribution in [2.24, 2.45) is 17.6 Å². The van der Waals surface area contributed by atoms with E-state index in [9.17, 15) is 19.2 Å². The molecule has 4 unspecified atom stereocenters. The molecular formula is C38H57ClN2O8. The molecule has 1 heterocycles. The smallest absolute Gasteiger partial charge is 0.345 e. The molecule has 4 N–H and O–H groups in total. The Labute approximate surface area is 297 Å². The summed E-state index contributed by atoms with van der Waals surface area (Å²) < 4.78 is 15.5. The number of benzene rings is 1. The van der Waals surface area contributed by atoms with Crippen LogP contribution in [0.3, 0.4) is 0 Å². The number of methoxy groups -OCH3 is 1. The van der Waals surface area contributed by atoms with Crippen molar-refractivity contribution >= 4 is 35.4 Å². The molecule has 0 spiro atoms. The van der Waals surface area contributed by atoms with E-state index < -0.39 is 18.0 Å². The lowest BCUT2D eigenvalue weighted by Gasteiger charge is -2.14. The van der Waals surface area contributed by atoms with E-state index in [-0.39, 0.29) is 30.3 Å². The van der Waals surface area contributed by atoms with Crippen LogP contribution in [-0.2, 0) is 35.1 Å². The van der Waals surface area contributed by atoms with Gasteiger partial charge in [-0.05, 0) is 80.2 Å². The lowest BCUT2D eigenvalue weighted by Crippen LogP contribution is -2.28. The average molecular weight is 705 g/mol. The molecule has 0 aromatic heterocycles. The predicted molar refractivity (Wildman–Crippen MR) is 195 cm³/mol. The van der Waals surface area contributed by atoms with Gasteiger partial charge >= 0.3 is 11.9 Å². The second-order valence-electron chi connectivity index (χ2n) is 11.8. The predicted octanol–water partition coefficient (Wildman–Crippen LogP) is 7.15. The Morgan fingerprint density at radius 1 is 1.14 bits per heavy atom. The normalized spacial score (nSPS) is 17.0. The summed E-state index contributed by atoms with van der Waals surface area (Å²) in [5.41, 5.74) is 7.56. The van der Waals surface area contributed by atoms with E-state index in [0.29, 0.717) is 23.5 Å². The van der Waals surface area contributed by atoms with Crippen molar-refractivity contribution in [3.8, 4) is 5.75 Å². The minimum atomic E-state index is -1.07. The maximum atomic E-state index is 10.8. The van der Waals surface area contributed by atoms with Crippen molar-refractivity contribution in [1.29, 1.82) is 0 Å². The van der Waals surface area contributed by atoms with Gasteiger partial charge in [0.25, 0.3) is 0 Å². The zero-order valence-corrected chi connectivity index (χ0v) is 31.1. The van der Waals surface area contributed by atoms with Crippen LogP contribution in [0.25, 0.3) is 0 Å². The number of amides is 2. The topological polar surface area (TPSA) is 158 Å². The molecule has 0 radical (unpaired) electrons. The van der Waals surface area contributed by atoms with Crippen molar-refractivity contribution in [1.82, 2.24) is 5.32 Å². The van der Waals surface area contributed by atoms with Gasteiger partial charge in [-0.1, -0.05) is 88.7 Å². The molecular weight excluding hydrogens is 648 g/mol. The van der Waals surface area contributed by atoms with Crippen LogP contribution in [0.4, 0.5) is 0 Å². The number of hydrogen-bond acceptors (Lipinski definition) is 7. The van der Waals surface area contributed by atoms with Gasteiger partial charge in [0, 0.05) is 19.9 Å². The number of nitrogens with two attached hydrogens (primary N) is 1. The van der Waals surface area contributed by atoms with Crippen molar-refractivity contribution in [2.75, 3.05) is 13.7 Å². The number of carbonyl (C=O) groups is 4. The van der Waals surface area contributed by atoms with Crippen molar-refractivity contribution in [2.45, 2.75) is 105 Å². The first-order valence-corrected chi connectivity index (χ1v) is 17.2. The third-order valence-electron chi connectivity index (χ3n) is 7.08. The van der Waals surface area contributed by atoms with E-state index in [2.05, 4.69) is 49.5 Å². The molecule has 1 saturated heterocycles. The maximum Gasteiger partial charge on any atom is 0.345 e. The Kier molecular flexibility index (Phi) is 24.0. The van der Waals surface area contributed by atoms with Crippen molar-refractivity contribution in [3.05, 3.63) is 76.9 Å². The Balaban J connectivity index is 0.000000675. The summed E-state index contributed by atoms with van der Waals surface area (Å²) in [6.45, 7) is 13.8. The molecule has 10 nitrogen and oxygen atoms in total. The molecule has 4 atom stereocenters. The van der Waals surface area contributed by atoms with Crippen molar-refractivity contribution < 1.29 is 38.5 Å². The third kappa shape index (κ3) is 21.6. The van der Waals surface area contributed by atoms with Crippen LogP contribution in [0.2, 0.25) is 5.02 Å². The molecule has 1 fully saturated rings. The van der Waals surface area contributed by atoms with E-state index in [1.165, 1.54) is 24.1 Å². The molecule has 49 heavy (non-hydrogen) atoms. The zero-order valence-electron chi connectivity index (χ0n) is 30.4. The lowest BCUT2D eigenvalue weighted by atomic mass is 9.96. The fourth-order valence-corrected chi connectivity index (χ4v) is 4.68. The van der Waals surface area contributed by atoms with Gasteiger partial charge in [0.1, 0.15) is 11.9 Å². The largest absolute Gasteiger partial charge is 0.495 e. The number of carboxylic acid groups (broad SMARTS) is 1. The van der Waals surface area contributed by atoms with E-state index >= 15 is 0 Å². The van der Waals surface area contributed by atoms with Gasteiger partial charge in [0.15, 0.2) is 6.10 Å². The highest BCUT2D eigenvalue weighted by Crippen LogP contribution is 2.38. The number of aryl methyl sites for hydroxylation is 1. The van der Waals surface area contributed by atoms with E-state index in [1.807, 2.05) is 45.0 Å². The van der Waals surface area contributed by atoms with Crippen LogP contribution < -0.4 is 15.8 Å². The van der Waals surface area contributed by atoms with Gasteiger partial charge in [-0.2, -0.15) is 0 Å². The Morgan fingerprint density at radius 3 is 2.33 bits per heavy atom. The van der Waals surface area contributed by atoms with Gasteiger partial charge in [-0.25, -0.2) is 4.79 Å². The number of halogens is 1. The number of primary amides is 1. The summed E-state index contributed by atoms with van der Waals surface area (Å²) in [6.07, 6.45) is 17.9. The average Bonchev–Trinajstić information content (AvgIpc) is 3.87. The van der Waals surface area contributed by atoms with Gasteiger partial charge in [0.05, 0.1) is 18.2 Å². The fourth-order valence-electron chi connectivity index (χ4n) is 4.40. The van der Waals surface area contributed by atoms with Gasteiger partial charge in [-0.15, -0.1) is 0 Å². The lowest BCUT2D eigenvalue weighted by molar-refractivity contribution is -0.164. The number of allylic oxidation sites excluding steroid dienone is 5. The highest BCUT2D eigenvalue weighted by Gasteiger charge is 2.43. The Bertz CT molecular complexity index is 1290. The van der Waals surface area contributed by atoms with Crippen LogP contribution in [0, 0.1) is 11.8 Å². The van der Waals surface area contributed by atoms with Crippen LogP contribution in [-0.4, -0.2) is 60.8 Å². The second-order valence-corrected chi connectivity index (χ2v) is 12.2. The summed E-state index contributed by atoms with van der Waals surface area (Å²) >= 11 is 5.88. The van der Waals surface area contributed by atoms with E-state index in [4.69, 9.17) is 36.7 Å². The fraction of sp³-hybridized carbons (Fsp3) is 0.526. The third-order valence-corrected chi connectivity index (χ3v) is 7.38. The number of epoxide rings is 1. The number of hydrogen-bond donors (Lipinski definition) is 3. The highest BCUT2D eigenvalue weighted by atomic mass is 35.5. The molecule has 1 aliphatic carbocycles. The number of esters is 1. The quantitative estimate of drug-likeness (QED) is 0.105. The van der Waals surface area contributed by atoms with Crippen LogP contribution in [0.1, 0.15) is 86.1 Å². The summed E-state index contributed by atoms with van der Waals surface area (Å²) in [6, 6.07) is 5.84. The van der Waals surface area contributed by atoms with Crippen LogP contribution >= 0.6 is 11.6 Å². The first-order valence-electron chi connectivity index (χ1n) is 16.8. The molecule has 3 rings (SSSR count). The zero-order chi connectivity index (χ0) is 37.4. The van der Waals surface area contributed by atoms with Crippen LogP contribution in [0.15, 0.2) is 66.3 Å². The minimum absolute atomic E-state index is 0.0394. The molecule has 274 valence electrons. The first kappa shape index (κ1) is 45.1. The van der Waals surface area contributed by atoms with Crippen LogP contribution in [0.5, 0.6) is 5.75 Å². The van der Waals surface area contributed by atoms with E-state index in [1.54, 1.807) is 14.0 Å². The maximum absolute atomic E-state index is 10.8. The molecule has 1 aromatic carbocycles. The van der Waals surface area contributed by atoms with E-state index in [0.717, 1.165) is 38.0 Å². The molecule has 0 saturated carbocycles. The standard InChI is InChI=1S/C16H21NO2.C9H11ClO.C9H16O4.C4H9NO/c1-12(8-6-7-11-14(17)18)15-16(19-15)13-9-4-2-3-5-10-13;1-3-7-4-5-9(11-2)8(10)6-7;1-4-8(10)13-7(9(11)12)5-6(2)3;1-3-5-4(2)6/h2-4,7,9-12,15-16H,5-6,8H2,1H3,(H2,17,18);4-6H,3H2,1-2H3;6-7H,4-5H2,1-3H3,(H,11,12);3H2,1-2H3,(H,5,6)/b11-7+;;;. The highest BCUT2D eigenvalue weighted by molar-refractivity contribution is 6.32. The molecule has 1 aromatic rings. The summed E-state index contributed by atoms with van der Waals surface area (Å²) in [5.74, 6) is -0.446. The SMILES string of the molecule is CC(CC/C=C/C(N)=O)C1OC1C1=CCC=CC=C1.CCC(=O)OC(CC(C)C)C(=O)O.CCNC(C)=O.CCc1ccc(OC)c(Cl)c1. The monoisotopic (exact) mass is 704 g/mol. The number of nitrogens with one attached hydrogen (secondary N) is 1. The number of carboxylic acids is 1. The minimum Gasteiger partial charge on any atom is -0.495 e. The second kappa shape index (κ2) is 26.0. The van der Waals surface area contributed by atoms with Gasteiger partial charge < -0.3 is 30.4 Å². The Morgan fingerprint density at radius 2 is 1.84 bits per heavy atom. The summed E-state index contributed by atoms with van der Waals surface area (Å²) in [4.78, 5) is 41.9. The molecule has 2 aliphatic rings. The number of carbonyl (C=O) groups excluding carboxylic acids is 3. The molecule has 11 heteroatoms. The van der Waals surface area contributed by atoms with Crippen molar-refractivity contribution in [3.63, 3.8) is 0 Å². The number of ether oxygens (including phenoxy) is 3. The summed E-state index contributed by atoms with van der Waals surface area (Å²) in [7, 11) is 1.62. The molecule has 2 amide bonds. The number of aliphatic carboxylic acids is 1. The first-order chi connectivity index (χ1) is 23.2. The molecule has 0 bridgehead atoms. The Hall–Kier alpha value is -3.89.